The molecule has 0 radical (unpaired) electrons. The summed E-state index contributed by atoms with van der Waals surface area (Å²) < 4.78 is 4.69. The highest BCUT2D eigenvalue weighted by molar-refractivity contribution is 6.03. The van der Waals surface area contributed by atoms with E-state index in [1.54, 1.807) is 30.3 Å². The summed E-state index contributed by atoms with van der Waals surface area (Å²) >= 11 is 0. The van der Waals surface area contributed by atoms with E-state index in [0.717, 1.165) is 12.8 Å². The minimum atomic E-state index is -0.456. The van der Waals surface area contributed by atoms with Crippen molar-refractivity contribution in [2.45, 2.75) is 38.1 Å². The predicted molar refractivity (Wildman–Crippen MR) is 98.3 cm³/mol. The number of carbonyl (C=O) groups is 2. The number of rotatable bonds is 5. The minimum absolute atomic E-state index is 0.266. The Hall–Kier alpha value is -2.96. The van der Waals surface area contributed by atoms with Gasteiger partial charge in [-0.25, -0.2) is 14.8 Å². The van der Waals surface area contributed by atoms with E-state index in [4.69, 9.17) is 0 Å². The van der Waals surface area contributed by atoms with E-state index >= 15 is 0 Å². The summed E-state index contributed by atoms with van der Waals surface area (Å²) in [5.41, 5.74) is 1.13. The van der Waals surface area contributed by atoms with Crippen LogP contribution in [0.25, 0.3) is 0 Å². The Kier molecular flexibility index (Phi) is 5.78. The van der Waals surface area contributed by atoms with Crippen LogP contribution in [-0.2, 0) is 4.74 Å². The van der Waals surface area contributed by atoms with Crippen LogP contribution >= 0.6 is 0 Å². The largest absolute Gasteiger partial charge is 0.465 e. The molecular weight excluding hydrogens is 332 g/mol. The highest BCUT2D eigenvalue weighted by Gasteiger charge is 2.15. The van der Waals surface area contributed by atoms with Crippen molar-refractivity contribution in [2.75, 3.05) is 17.7 Å². The molecule has 0 unspecified atom stereocenters. The van der Waals surface area contributed by atoms with Crippen LogP contribution in [0.15, 0.2) is 36.7 Å². The molecule has 1 aliphatic carbocycles. The van der Waals surface area contributed by atoms with Gasteiger partial charge in [0.25, 0.3) is 5.91 Å². The van der Waals surface area contributed by atoms with E-state index in [0.29, 0.717) is 23.1 Å². The van der Waals surface area contributed by atoms with Crippen LogP contribution in [0.5, 0.6) is 0 Å². The Morgan fingerprint density at radius 1 is 1.12 bits per heavy atom. The fourth-order valence-electron chi connectivity index (χ4n) is 3.05. The minimum Gasteiger partial charge on any atom is -0.465 e. The summed E-state index contributed by atoms with van der Waals surface area (Å²) in [5, 5.41) is 6.12. The lowest BCUT2D eigenvalue weighted by Crippen LogP contribution is -2.23. The van der Waals surface area contributed by atoms with Gasteiger partial charge in [0.15, 0.2) is 0 Å². The second-order valence-electron chi connectivity index (χ2n) is 6.29. The third-order valence-corrected chi connectivity index (χ3v) is 4.40. The van der Waals surface area contributed by atoms with Gasteiger partial charge in [-0.3, -0.25) is 4.79 Å². The number of hydrogen-bond donors (Lipinski definition) is 2. The van der Waals surface area contributed by atoms with E-state index in [2.05, 4.69) is 25.3 Å². The van der Waals surface area contributed by atoms with Gasteiger partial charge in [-0.05, 0) is 31.0 Å². The Morgan fingerprint density at radius 3 is 2.69 bits per heavy atom. The molecule has 7 nitrogen and oxygen atoms in total. The molecule has 0 aliphatic heterocycles. The Balaban J connectivity index is 1.68. The van der Waals surface area contributed by atoms with Crippen LogP contribution in [0.1, 0.15) is 53.0 Å². The number of carbonyl (C=O) groups excluding carboxylic acids is 2. The molecule has 2 N–H and O–H groups in total. The van der Waals surface area contributed by atoms with Crippen molar-refractivity contribution in [2.24, 2.45) is 0 Å². The van der Waals surface area contributed by atoms with Crippen LogP contribution in [-0.4, -0.2) is 35.0 Å². The third kappa shape index (κ3) is 4.56. The van der Waals surface area contributed by atoms with Gasteiger partial charge in [-0.1, -0.05) is 25.3 Å². The quantitative estimate of drug-likeness (QED) is 0.801. The molecule has 1 amide bonds. The van der Waals surface area contributed by atoms with Gasteiger partial charge >= 0.3 is 5.97 Å². The molecule has 0 atom stereocenters. The van der Waals surface area contributed by atoms with Gasteiger partial charge in [0.2, 0.25) is 0 Å². The number of benzene rings is 1. The molecule has 136 valence electrons. The van der Waals surface area contributed by atoms with Crippen molar-refractivity contribution < 1.29 is 14.3 Å². The molecule has 3 rings (SSSR count). The maximum Gasteiger partial charge on any atom is 0.337 e. The van der Waals surface area contributed by atoms with Crippen molar-refractivity contribution in [3.05, 3.63) is 47.9 Å². The van der Waals surface area contributed by atoms with Crippen molar-refractivity contribution in [1.29, 1.82) is 0 Å². The summed E-state index contributed by atoms with van der Waals surface area (Å²) in [6.07, 6.45) is 7.32. The first-order valence-corrected chi connectivity index (χ1v) is 8.74. The summed E-state index contributed by atoms with van der Waals surface area (Å²) in [6.45, 7) is 0. The number of hydrogen-bond acceptors (Lipinski definition) is 6. The molecule has 1 fully saturated rings. The predicted octanol–water partition coefficient (Wildman–Crippen LogP) is 3.26. The van der Waals surface area contributed by atoms with E-state index in [1.807, 2.05) is 0 Å². The number of nitrogens with zero attached hydrogens (tertiary/aromatic N) is 2. The second kappa shape index (κ2) is 8.42. The summed E-state index contributed by atoms with van der Waals surface area (Å²) in [7, 11) is 1.31. The standard InChI is InChI=1S/C19H22N4O3/c1-26-19(25)13-6-5-9-15(10-13)23-18(24)16-11-17(21-12-20-16)22-14-7-3-2-4-8-14/h5-6,9-12,14H,2-4,7-8H2,1H3,(H,23,24)(H,20,21,22). The first-order valence-electron chi connectivity index (χ1n) is 8.74. The van der Waals surface area contributed by atoms with Gasteiger partial charge in [0.1, 0.15) is 17.8 Å². The molecule has 1 aliphatic rings. The highest BCUT2D eigenvalue weighted by Crippen LogP contribution is 2.21. The van der Waals surface area contributed by atoms with Gasteiger partial charge in [-0.2, -0.15) is 0 Å². The van der Waals surface area contributed by atoms with E-state index in [-0.39, 0.29) is 11.6 Å². The molecule has 0 bridgehead atoms. The molecule has 26 heavy (non-hydrogen) atoms. The summed E-state index contributed by atoms with van der Waals surface area (Å²) in [4.78, 5) is 32.3. The van der Waals surface area contributed by atoms with Gasteiger partial charge < -0.3 is 15.4 Å². The van der Waals surface area contributed by atoms with Crippen molar-refractivity contribution in [3.8, 4) is 0 Å². The van der Waals surface area contributed by atoms with Crippen LogP contribution in [0.2, 0.25) is 0 Å². The first kappa shape index (κ1) is 17.8. The number of esters is 1. The van der Waals surface area contributed by atoms with Crippen molar-refractivity contribution in [3.63, 3.8) is 0 Å². The molecule has 1 aromatic heterocycles. The maximum absolute atomic E-state index is 12.5. The van der Waals surface area contributed by atoms with Gasteiger partial charge in [0, 0.05) is 17.8 Å². The monoisotopic (exact) mass is 354 g/mol. The summed E-state index contributed by atoms with van der Waals surface area (Å²) in [6, 6.07) is 8.61. The van der Waals surface area contributed by atoms with Gasteiger partial charge in [-0.15, -0.1) is 0 Å². The molecule has 7 heteroatoms. The highest BCUT2D eigenvalue weighted by atomic mass is 16.5. The Labute approximate surface area is 152 Å². The maximum atomic E-state index is 12.5. The third-order valence-electron chi connectivity index (χ3n) is 4.40. The topological polar surface area (TPSA) is 93.2 Å². The SMILES string of the molecule is COC(=O)c1cccc(NC(=O)c2cc(NC3CCCCC3)ncn2)c1. The zero-order valence-electron chi connectivity index (χ0n) is 14.7. The average molecular weight is 354 g/mol. The molecule has 2 aromatic rings. The fraction of sp³-hybridized carbons (Fsp3) is 0.368. The number of amides is 1. The molecular formula is C19H22N4O3. The number of anilines is 2. The lowest BCUT2D eigenvalue weighted by molar-refractivity contribution is 0.0600. The van der Waals surface area contributed by atoms with E-state index in [9.17, 15) is 9.59 Å². The lowest BCUT2D eigenvalue weighted by Gasteiger charge is -2.23. The van der Waals surface area contributed by atoms with E-state index in [1.165, 1.54) is 32.7 Å². The molecule has 1 heterocycles. The molecule has 1 aromatic carbocycles. The van der Waals surface area contributed by atoms with Crippen molar-refractivity contribution in [1.82, 2.24) is 9.97 Å². The molecule has 0 spiro atoms. The Morgan fingerprint density at radius 2 is 1.92 bits per heavy atom. The summed E-state index contributed by atoms with van der Waals surface area (Å²) in [5.74, 6) is -0.163. The van der Waals surface area contributed by atoms with Crippen LogP contribution in [0.4, 0.5) is 11.5 Å². The number of ether oxygens (including phenoxy) is 1. The van der Waals surface area contributed by atoms with Crippen LogP contribution < -0.4 is 10.6 Å². The number of nitrogens with one attached hydrogen (secondary N) is 2. The van der Waals surface area contributed by atoms with Gasteiger partial charge in [0.05, 0.1) is 12.7 Å². The zero-order valence-corrected chi connectivity index (χ0v) is 14.7. The molecule has 1 saturated carbocycles. The average Bonchev–Trinajstić information content (AvgIpc) is 2.68. The van der Waals surface area contributed by atoms with Crippen LogP contribution in [0, 0.1) is 0 Å². The lowest BCUT2D eigenvalue weighted by atomic mass is 9.95. The molecule has 0 saturated heterocycles. The fourth-order valence-corrected chi connectivity index (χ4v) is 3.05. The van der Waals surface area contributed by atoms with Crippen molar-refractivity contribution >= 4 is 23.4 Å². The second-order valence-corrected chi connectivity index (χ2v) is 6.29. The smallest absolute Gasteiger partial charge is 0.337 e. The number of methoxy groups -OCH3 is 1. The normalized spacial score (nSPS) is 14.5. The van der Waals surface area contributed by atoms with Crippen LogP contribution in [0.3, 0.4) is 0 Å². The zero-order chi connectivity index (χ0) is 18.4. The van der Waals surface area contributed by atoms with E-state index < -0.39 is 5.97 Å². The number of aromatic nitrogens is 2. The first-order chi connectivity index (χ1) is 12.7. The Bertz CT molecular complexity index is 788.